The maximum Gasteiger partial charge on any atom is 0.247 e. The van der Waals surface area contributed by atoms with E-state index in [0.717, 1.165) is 45.6 Å². The lowest BCUT2D eigenvalue weighted by molar-refractivity contribution is -0.144. The highest BCUT2D eigenvalue weighted by atomic mass is 16.2. The zero-order valence-corrected chi connectivity index (χ0v) is 25.3. The molecule has 0 spiro atoms. The molecule has 45 heavy (non-hydrogen) atoms. The van der Waals surface area contributed by atoms with E-state index in [1.54, 1.807) is 29.4 Å². The van der Waals surface area contributed by atoms with Crippen LogP contribution in [0.25, 0.3) is 17.3 Å². The number of fused-ring (bicyclic) bond motifs is 1. The van der Waals surface area contributed by atoms with Crippen LogP contribution >= 0.6 is 0 Å². The van der Waals surface area contributed by atoms with Crippen molar-refractivity contribution in [1.82, 2.24) is 25.0 Å². The molecule has 1 atom stereocenters. The SMILES string of the molecule is Cc1ccc(C=CC(=O)N(Cc2ccc(-c3cccnn3)cc2)[C@@H](Cc2ccccc2)C(=O)N2CCc3ccccc3C2)cn1. The Morgan fingerprint density at radius 3 is 2.38 bits per heavy atom. The quantitative estimate of drug-likeness (QED) is 0.194. The molecule has 224 valence electrons. The number of aromatic nitrogens is 3. The first kappa shape index (κ1) is 29.6. The Morgan fingerprint density at radius 1 is 0.867 bits per heavy atom. The molecule has 0 saturated heterocycles. The van der Waals surface area contributed by atoms with Gasteiger partial charge in [0.15, 0.2) is 0 Å². The van der Waals surface area contributed by atoms with Crippen molar-refractivity contribution in [2.45, 2.75) is 38.9 Å². The molecule has 6 rings (SSSR count). The number of pyridine rings is 1. The molecular formula is C38H35N5O2. The van der Waals surface area contributed by atoms with Gasteiger partial charge in [-0.25, -0.2) is 0 Å². The summed E-state index contributed by atoms with van der Waals surface area (Å²) >= 11 is 0. The minimum absolute atomic E-state index is 0.0525. The molecular weight excluding hydrogens is 558 g/mol. The maximum atomic E-state index is 14.5. The molecule has 1 aliphatic rings. The van der Waals surface area contributed by atoms with Crippen LogP contribution in [0, 0.1) is 6.92 Å². The summed E-state index contributed by atoms with van der Waals surface area (Å²) in [5, 5.41) is 8.20. The fourth-order valence-electron chi connectivity index (χ4n) is 5.68. The number of carbonyl (C=O) groups is 2. The van der Waals surface area contributed by atoms with Gasteiger partial charge in [0, 0.05) is 55.8 Å². The van der Waals surface area contributed by atoms with Gasteiger partial charge in [-0.2, -0.15) is 10.2 Å². The molecule has 0 fully saturated rings. The third kappa shape index (κ3) is 7.39. The molecule has 5 aromatic rings. The van der Waals surface area contributed by atoms with E-state index in [9.17, 15) is 9.59 Å². The highest BCUT2D eigenvalue weighted by Gasteiger charge is 2.34. The summed E-state index contributed by atoms with van der Waals surface area (Å²) in [7, 11) is 0. The summed E-state index contributed by atoms with van der Waals surface area (Å²) in [5.74, 6) is -0.288. The number of rotatable bonds is 9. The highest BCUT2D eigenvalue weighted by molar-refractivity contribution is 5.95. The van der Waals surface area contributed by atoms with Crippen LogP contribution in [0.15, 0.2) is 122 Å². The lowest BCUT2D eigenvalue weighted by Gasteiger charge is -2.37. The monoisotopic (exact) mass is 593 g/mol. The van der Waals surface area contributed by atoms with Crippen LogP contribution in [0.3, 0.4) is 0 Å². The molecule has 0 unspecified atom stereocenters. The van der Waals surface area contributed by atoms with Crippen molar-refractivity contribution < 1.29 is 9.59 Å². The number of hydrogen-bond acceptors (Lipinski definition) is 5. The summed E-state index contributed by atoms with van der Waals surface area (Å²) in [6.45, 7) is 3.33. The molecule has 1 aliphatic heterocycles. The van der Waals surface area contributed by atoms with E-state index in [1.807, 2.05) is 103 Å². The number of benzene rings is 3. The molecule has 3 aromatic carbocycles. The van der Waals surface area contributed by atoms with Gasteiger partial charge in [-0.05, 0) is 65.4 Å². The van der Waals surface area contributed by atoms with Crippen LogP contribution < -0.4 is 0 Å². The molecule has 7 heteroatoms. The van der Waals surface area contributed by atoms with E-state index in [-0.39, 0.29) is 18.4 Å². The first-order valence-corrected chi connectivity index (χ1v) is 15.2. The van der Waals surface area contributed by atoms with Gasteiger partial charge in [-0.3, -0.25) is 14.6 Å². The van der Waals surface area contributed by atoms with Crippen LogP contribution in [0.1, 0.15) is 33.5 Å². The third-order valence-corrected chi connectivity index (χ3v) is 8.19. The van der Waals surface area contributed by atoms with Gasteiger partial charge in [0.2, 0.25) is 11.8 Å². The van der Waals surface area contributed by atoms with Crippen LogP contribution in [0.5, 0.6) is 0 Å². The number of aryl methyl sites for hydroxylation is 1. The Morgan fingerprint density at radius 2 is 1.64 bits per heavy atom. The number of amides is 2. The fourth-order valence-corrected chi connectivity index (χ4v) is 5.68. The molecule has 0 radical (unpaired) electrons. The summed E-state index contributed by atoms with van der Waals surface area (Å²) in [4.78, 5) is 36.6. The van der Waals surface area contributed by atoms with E-state index in [4.69, 9.17) is 0 Å². The number of carbonyl (C=O) groups excluding carboxylic acids is 2. The van der Waals surface area contributed by atoms with E-state index >= 15 is 0 Å². The number of hydrogen-bond donors (Lipinski definition) is 0. The van der Waals surface area contributed by atoms with Crippen molar-refractivity contribution >= 4 is 17.9 Å². The van der Waals surface area contributed by atoms with Crippen molar-refractivity contribution in [2.75, 3.05) is 6.54 Å². The predicted molar refractivity (Wildman–Crippen MR) is 176 cm³/mol. The minimum atomic E-state index is -0.703. The third-order valence-electron chi connectivity index (χ3n) is 8.19. The van der Waals surface area contributed by atoms with Gasteiger partial charge >= 0.3 is 0 Å². The molecule has 0 aliphatic carbocycles. The Hall–Kier alpha value is -5.43. The topological polar surface area (TPSA) is 79.3 Å². The summed E-state index contributed by atoms with van der Waals surface area (Å²) < 4.78 is 0. The van der Waals surface area contributed by atoms with E-state index in [2.05, 4.69) is 27.3 Å². The average molecular weight is 594 g/mol. The molecule has 7 nitrogen and oxygen atoms in total. The Labute approximate surface area is 263 Å². The van der Waals surface area contributed by atoms with Crippen LogP contribution in [0.2, 0.25) is 0 Å². The number of nitrogens with zero attached hydrogens (tertiary/aromatic N) is 5. The van der Waals surface area contributed by atoms with Crippen molar-refractivity contribution in [2.24, 2.45) is 0 Å². The maximum absolute atomic E-state index is 14.5. The molecule has 2 aromatic heterocycles. The van der Waals surface area contributed by atoms with Gasteiger partial charge in [-0.1, -0.05) is 84.9 Å². The second-order valence-corrected chi connectivity index (χ2v) is 11.3. The Kier molecular flexibility index (Phi) is 9.16. The van der Waals surface area contributed by atoms with Gasteiger partial charge < -0.3 is 9.80 Å². The van der Waals surface area contributed by atoms with Gasteiger partial charge in [0.25, 0.3) is 0 Å². The van der Waals surface area contributed by atoms with Crippen molar-refractivity contribution in [3.8, 4) is 11.3 Å². The second kappa shape index (κ2) is 13.9. The summed E-state index contributed by atoms with van der Waals surface area (Å²) in [6.07, 6.45) is 7.90. The molecule has 0 N–H and O–H groups in total. The van der Waals surface area contributed by atoms with Crippen LogP contribution in [-0.4, -0.2) is 49.4 Å². The first-order chi connectivity index (χ1) is 22.0. The smallest absolute Gasteiger partial charge is 0.247 e. The first-order valence-electron chi connectivity index (χ1n) is 15.2. The predicted octanol–water partition coefficient (Wildman–Crippen LogP) is 6.09. The summed E-state index contributed by atoms with van der Waals surface area (Å²) in [6, 6.07) is 33.0. The lowest BCUT2D eigenvalue weighted by atomic mass is 9.97. The largest absolute Gasteiger partial charge is 0.336 e. The molecule has 0 saturated carbocycles. The van der Waals surface area contributed by atoms with Gasteiger partial charge in [0.05, 0.1) is 5.69 Å². The highest BCUT2D eigenvalue weighted by Crippen LogP contribution is 2.24. The van der Waals surface area contributed by atoms with E-state index < -0.39 is 6.04 Å². The summed E-state index contributed by atoms with van der Waals surface area (Å²) in [5.41, 5.74) is 7.76. The van der Waals surface area contributed by atoms with Crippen molar-refractivity contribution in [3.05, 3.63) is 155 Å². The average Bonchev–Trinajstić information content (AvgIpc) is 3.10. The second-order valence-electron chi connectivity index (χ2n) is 11.3. The van der Waals surface area contributed by atoms with E-state index in [0.29, 0.717) is 19.5 Å². The van der Waals surface area contributed by atoms with Crippen LogP contribution in [0.4, 0.5) is 0 Å². The Balaban J connectivity index is 1.34. The van der Waals surface area contributed by atoms with Gasteiger partial charge in [-0.15, -0.1) is 0 Å². The zero-order chi connectivity index (χ0) is 31.0. The molecule has 0 bridgehead atoms. The normalized spacial score (nSPS) is 13.3. The molecule has 2 amide bonds. The lowest BCUT2D eigenvalue weighted by Crippen LogP contribution is -2.52. The van der Waals surface area contributed by atoms with Gasteiger partial charge in [0.1, 0.15) is 6.04 Å². The van der Waals surface area contributed by atoms with Crippen molar-refractivity contribution in [1.29, 1.82) is 0 Å². The van der Waals surface area contributed by atoms with E-state index in [1.165, 1.54) is 5.56 Å². The Bertz CT molecular complexity index is 1770. The zero-order valence-electron chi connectivity index (χ0n) is 25.3. The fraction of sp³-hybridized carbons (Fsp3) is 0.184. The van der Waals surface area contributed by atoms with Crippen LogP contribution in [-0.2, 0) is 35.5 Å². The minimum Gasteiger partial charge on any atom is -0.336 e. The van der Waals surface area contributed by atoms with Crippen molar-refractivity contribution in [3.63, 3.8) is 0 Å². The molecule has 3 heterocycles. The standard InChI is InChI=1S/C38H35N5O2/c1-28-13-14-30(25-39-28)17-20-37(44)43(26-31-15-18-33(19-16-31)35-12-7-22-40-41-35)36(24-29-8-3-2-4-9-29)38(45)42-23-21-32-10-5-6-11-34(32)27-42/h2-20,22,25,36H,21,23-24,26-27H2,1H3/t36-/m0/s1.